The average Bonchev–Trinajstić information content (AvgIpc) is 2.12. The Kier molecular flexibility index (Phi) is 2.03. The Bertz CT molecular complexity index is 198. The van der Waals surface area contributed by atoms with E-state index in [0.29, 0.717) is 0 Å². The molecule has 11 heavy (non-hydrogen) atoms. The number of hydrogen-bond acceptors (Lipinski definition) is 1. The highest BCUT2D eigenvalue weighted by Gasteiger charge is 2.18. The van der Waals surface area contributed by atoms with Crippen LogP contribution in [0, 0.1) is 5.41 Å². The number of allylic oxidation sites excluding steroid dienone is 1. The SMILES string of the molecule is CC(C)(C)/C=C1/CCNC1=O. The van der Waals surface area contributed by atoms with Crippen molar-refractivity contribution in [3.8, 4) is 0 Å². The van der Waals surface area contributed by atoms with Crippen LogP contribution in [0.25, 0.3) is 0 Å². The fourth-order valence-corrected chi connectivity index (χ4v) is 1.20. The van der Waals surface area contributed by atoms with Crippen molar-refractivity contribution in [2.24, 2.45) is 5.41 Å². The van der Waals surface area contributed by atoms with Crippen LogP contribution in [-0.2, 0) is 4.79 Å². The average molecular weight is 153 g/mol. The Labute approximate surface area is 67.7 Å². The van der Waals surface area contributed by atoms with E-state index in [0.717, 1.165) is 18.5 Å². The van der Waals surface area contributed by atoms with Crippen molar-refractivity contribution in [3.63, 3.8) is 0 Å². The van der Waals surface area contributed by atoms with E-state index in [1.165, 1.54) is 0 Å². The second kappa shape index (κ2) is 2.68. The molecular weight excluding hydrogens is 138 g/mol. The van der Waals surface area contributed by atoms with Crippen molar-refractivity contribution in [1.82, 2.24) is 5.32 Å². The molecule has 0 aromatic carbocycles. The van der Waals surface area contributed by atoms with Gasteiger partial charge in [0.2, 0.25) is 5.91 Å². The molecule has 1 fully saturated rings. The van der Waals surface area contributed by atoms with E-state index in [1.54, 1.807) is 0 Å². The minimum absolute atomic E-state index is 0.111. The van der Waals surface area contributed by atoms with Gasteiger partial charge in [0.05, 0.1) is 0 Å². The largest absolute Gasteiger partial charge is 0.352 e. The van der Waals surface area contributed by atoms with E-state index in [9.17, 15) is 4.79 Å². The zero-order valence-corrected chi connectivity index (χ0v) is 7.40. The Morgan fingerprint density at radius 1 is 1.45 bits per heavy atom. The summed E-state index contributed by atoms with van der Waals surface area (Å²) in [5.74, 6) is 0.111. The topological polar surface area (TPSA) is 29.1 Å². The predicted molar refractivity (Wildman–Crippen MR) is 45.2 cm³/mol. The summed E-state index contributed by atoms with van der Waals surface area (Å²) in [7, 11) is 0. The summed E-state index contributed by atoms with van der Waals surface area (Å²) >= 11 is 0. The molecule has 0 atom stereocenters. The molecule has 1 saturated heterocycles. The van der Waals surface area contributed by atoms with Gasteiger partial charge in [-0.1, -0.05) is 26.8 Å². The molecule has 0 bridgehead atoms. The van der Waals surface area contributed by atoms with Gasteiger partial charge in [-0.15, -0.1) is 0 Å². The van der Waals surface area contributed by atoms with Crippen molar-refractivity contribution in [3.05, 3.63) is 11.6 Å². The summed E-state index contributed by atoms with van der Waals surface area (Å²) in [6.45, 7) is 7.11. The van der Waals surface area contributed by atoms with Crippen LogP contribution in [0.4, 0.5) is 0 Å². The molecule has 0 radical (unpaired) electrons. The monoisotopic (exact) mass is 153 g/mol. The number of carbonyl (C=O) groups excluding carboxylic acids is 1. The molecule has 62 valence electrons. The van der Waals surface area contributed by atoms with Gasteiger partial charge < -0.3 is 5.32 Å². The van der Waals surface area contributed by atoms with E-state index in [4.69, 9.17) is 0 Å². The van der Waals surface area contributed by atoms with Gasteiger partial charge in [0.15, 0.2) is 0 Å². The molecule has 1 amide bonds. The molecule has 1 heterocycles. The summed E-state index contributed by atoms with van der Waals surface area (Å²) in [5.41, 5.74) is 1.06. The molecule has 2 nitrogen and oxygen atoms in total. The number of amides is 1. The first-order chi connectivity index (χ1) is 4.99. The molecule has 0 aliphatic carbocycles. The third-order valence-corrected chi connectivity index (χ3v) is 1.58. The highest BCUT2D eigenvalue weighted by atomic mass is 16.1. The van der Waals surface area contributed by atoms with Crippen LogP contribution in [0.15, 0.2) is 11.6 Å². The first-order valence-electron chi connectivity index (χ1n) is 3.99. The van der Waals surface area contributed by atoms with E-state index >= 15 is 0 Å². The number of carbonyl (C=O) groups is 1. The zero-order valence-electron chi connectivity index (χ0n) is 7.40. The van der Waals surface area contributed by atoms with E-state index in [1.807, 2.05) is 0 Å². The van der Waals surface area contributed by atoms with Crippen molar-refractivity contribution in [1.29, 1.82) is 0 Å². The van der Waals surface area contributed by atoms with Crippen LogP contribution >= 0.6 is 0 Å². The van der Waals surface area contributed by atoms with Gasteiger partial charge >= 0.3 is 0 Å². The predicted octanol–water partition coefficient (Wildman–Crippen LogP) is 1.48. The van der Waals surface area contributed by atoms with Gasteiger partial charge in [0.25, 0.3) is 0 Å². The maximum atomic E-state index is 11.1. The van der Waals surface area contributed by atoms with Gasteiger partial charge in [0, 0.05) is 12.1 Å². The normalized spacial score (nSPS) is 22.5. The Morgan fingerprint density at radius 2 is 2.09 bits per heavy atom. The fraction of sp³-hybridized carbons (Fsp3) is 0.667. The molecular formula is C9H15NO. The van der Waals surface area contributed by atoms with Crippen LogP contribution in [0.1, 0.15) is 27.2 Å². The maximum absolute atomic E-state index is 11.1. The lowest BCUT2D eigenvalue weighted by Gasteiger charge is -2.12. The Hall–Kier alpha value is -0.790. The zero-order chi connectivity index (χ0) is 8.48. The van der Waals surface area contributed by atoms with Crippen LogP contribution in [0.3, 0.4) is 0 Å². The van der Waals surface area contributed by atoms with Crippen LogP contribution < -0.4 is 5.32 Å². The second-order valence-electron chi connectivity index (χ2n) is 4.04. The van der Waals surface area contributed by atoms with Crippen LogP contribution in [0.5, 0.6) is 0 Å². The van der Waals surface area contributed by atoms with Gasteiger partial charge in [-0.2, -0.15) is 0 Å². The molecule has 1 N–H and O–H groups in total. The molecule has 2 heteroatoms. The number of rotatable bonds is 0. The Morgan fingerprint density at radius 3 is 2.45 bits per heavy atom. The molecule has 0 saturated carbocycles. The van der Waals surface area contributed by atoms with E-state index in [2.05, 4.69) is 32.2 Å². The minimum Gasteiger partial charge on any atom is -0.352 e. The molecule has 0 aromatic heterocycles. The minimum atomic E-state index is 0.111. The van der Waals surface area contributed by atoms with Crippen molar-refractivity contribution < 1.29 is 4.79 Å². The summed E-state index contributed by atoms with van der Waals surface area (Å²) in [6, 6.07) is 0. The summed E-state index contributed by atoms with van der Waals surface area (Å²) < 4.78 is 0. The first kappa shape index (κ1) is 8.31. The van der Waals surface area contributed by atoms with E-state index in [-0.39, 0.29) is 11.3 Å². The standard InChI is InChI=1S/C9H15NO/c1-9(2,3)6-7-4-5-10-8(7)11/h6H,4-5H2,1-3H3,(H,10,11)/b7-6-. The fourth-order valence-electron chi connectivity index (χ4n) is 1.20. The summed E-state index contributed by atoms with van der Waals surface area (Å²) in [5, 5.41) is 2.78. The number of hydrogen-bond donors (Lipinski definition) is 1. The van der Waals surface area contributed by atoms with Gasteiger partial charge in [0.1, 0.15) is 0 Å². The smallest absolute Gasteiger partial charge is 0.246 e. The quantitative estimate of drug-likeness (QED) is 0.525. The van der Waals surface area contributed by atoms with Gasteiger partial charge in [-0.05, 0) is 11.8 Å². The molecule has 0 aromatic rings. The van der Waals surface area contributed by atoms with E-state index < -0.39 is 0 Å². The lowest BCUT2D eigenvalue weighted by molar-refractivity contribution is -0.116. The third-order valence-electron chi connectivity index (χ3n) is 1.58. The van der Waals surface area contributed by atoms with Crippen molar-refractivity contribution >= 4 is 5.91 Å². The first-order valence-corrected chi connectivity index (χ1v) is 3.99. The lowest BCUT2D eigenvalue weighted by atomic mass is 9.93. The Balaban J connectivity index is 2.73. The highest BCUT2D eigenvalue weighted by Crippen LogP contribution is 2.20. The molecule has 1 aliphatic heterocycles. The number of nitrogens with one attached hydrogen (secondary N) is 1. The van der Waals surface area contributed by atoms with Crippen molar-refractivity contribution in [2.75, 3.05) is 6.54 Å². The van der Waals surface area contributed by atoms with Gasteiger partial charge in [-0.25, -0.2) is 0 Å². The van der Waals surface area contributed by atoms with Crippen molar-refractivity contribution in [2.45, 2.75) is 27.2 Å². The molecule has 1 rings (SSSR count). The second-order valence-corrected chi connectivity index (χ2v) is 4.04. The molecule has 1 aliphatic rings. The van der Waals surface area contributed by atoms with Crippen LogP contribution in [-0.4, -0.2) is 12.5 Å². The molecule has 0 unspecified atom stereocenters. The summed E-state index contributed by atoms with van der Waals surface area (Å²) in [6.07, 6.45) is 2.94. The maximum Gasteiger partial charge on any atom is 0.246 e. The van der Waals surface area contributed by atoms with Gasteiger partial charge in [-0.3, -0.25) is 4.79 Å². The highest BCUT2D eigenvalue weighted by molar-refractivity contribution is 5.95. The lowest BCUT2D eigenvalue weighted by Crippen LogP contribution is -2.15. The third kappa shape index (κ3) is 2.37. The van der Waals surface area contributed by atoms with Crippen LogP contribution in [0.2, 0.25) is 0 Å². The summed E-state index contributed by atoms with van der Waals surface area (Å²) in [4.78, 5) is 11.1. The molecule has 0 spiro atoms.